The van der Waals surface area contributed by atoms with Gasteiger partial charge in [-0.3, -0.25) is 14.4 Å². The maximum atomic E-state index is 13.4. The molecule has 0 aromatic heterocycles. The fourth-order valence-electron chi connectivity index (χ4n) is 5.28. The third-order valence-electron chi connectivity index (χ3n) is 7.37. The standard InChI is InChI=1S/C25H30F9N3O6S/c1-44(40,41)35-19(38)4-2-13-42-18-14-17(23(26,27)28)6-5-16(18)15-37-10-3-7-22(37)8-11-36(12-9-22)21(39)43-20(24(29,30)31)25(32,33)34/h5-6,14,20H,2-4,7-13,15H2,1H3,(H,35,38). The van der Waals surface area contributed by atoms with Crippen molar-refractivity contribution in [2.75, 3.05) is 32.5 Å². The first kappa shape index (κ1) is 35.5. The van der Waals surface area contributed by atoms with Gasteiger partial charge in [0.25, 0.3) is 6.10 Å². The molecule has 2 heterocycles. The molecule has 0 radical (unpaired) electrons. The SMILES string of the molecule is CS(=O)(=O)NC(=O)CCCOc1cc(C(F)(F)F)ccc1CN1CCCC12CCN(C(=O)OC(C(F)(F)F)C(F)(F)F)CC2. The van der Waals surface area contributed by atoms with Crippen LogP contribution in [0.25, 0.3) is 0 Å². The van der Waals surface area contributed by atoms with Crippen LogP contribution in [0, 0.1) is 0 Å². The van der Waals surface area contributed by atoms with Gasteiger partial charge in [0.15, 0.2) is 0 Å². The molecule has 1 N–H and O–H groups in total. The molecule has 1 aromatic rings. The Kier molecular flexibility index (Phi) is 10.6. The number of nitrogens with zero attached hydrogens (tertiary/aromatic N) is 2. The van der Waals surface area contributed by atoms with Gasteiger partial charge in [-0.2, -0.15) is 39.5 Å². The second-order valence-corrected chi connectivity index (χ2v) is 12.4. The second-order valence-electron chi connectivity index (χ2n) is 10.7. The number of hydrogen-bond donors (Lipinski definition) is 1. The predicted octanol–water partition coefficient (Wildman–Crippen LogP) is 5.00. The lowest BCUT2D eigenvalue weighted by atomic mass is 9.85. The molecule has 2 saturated heterocycles. The van der Waals surface area contributed by atoms with Gasteiger partial charge < -0.3 is 14.4 Å². The Morgan fingerprint density at radius 1 is 0.977 bits per heavy atom. The molecule has 2 amide bonds. The van der Waals surface area contributed by atoms with Crippen molar-refractivity contribution in [3.63, 3.8) is 0 Å². The highest BCUT2D eigenvalue weighted by molar-refractivity contribution is 7.89. The van der Waals surface area contributed by atoms with Crippen LogP contribution in [0.5, 0.6) is 5.75 Å². The minimum Gasteiger partial charge on any atom is -0.493 e. The number of benzene rings is 1. The van der Waals surface area contributed by atoms with E-state index in [1.165, 1.54) is 6.07 Å². The molecule has 0 saturated carbocycles. The molecule has 1 spiro atoms. The molecule has 0 aliphatic carbocycles. The predicted molar refractivity (Wildman–Crippen MR) is 135 cm³/mol. The first-order valence-corrected chi connectivity index (χ1v) is 15.2. The van der Waals surface area contributed by atoms with Crippen LogP contribution in [0.4, 0.5) is 44.3 Å². The van der Waals surface area contributed by atoms with Crippen molar-refractivity contribution in [3.05, 3.63) is 29.3 Å². The van der Waals surface area contributed by atoms with Crippen LogP contribution in [0.3, 0.4) is 0 Å². The molecule has 250 valence electrons. The van der Waals surface area contributed by atoms with Crippen molar-refractivity contribution in [1.29, 1.82) is 0 Å². The number of hydrogen-bond acceptors (Lipinski definition) is 7. The van der Waals surface area contributed by atoms with E-state index in [-0.39, 0.29) is 57.7 Å². The van der Waals surface area contributed by atoms with Gasteiger partial charge in [0, 0.05) is 37.2 Å². The molecule has 3 rings (SSSR count). The number of ether oxygens (including phenoxy) is 2. The number of amides is 2. The Hall–Kier alpha value is -2.96. The van der Waals surface area contributed by atoms with E-state index in [1.807, 2.05) is 4.90 Å². The summed E-state index contributed by atoms with van der Waals surface area (Å²) in [6.45, 7) is -0.0740. The summed E-state index contributed by atoms with van der Waals surface area (Å²) in [4.78, 5) is 26.6. The smallest absolute Gasteiger partial charge is 0.434 e. The molecule has 2 aliphatic rings. The number of piperidine rings is 1. The number of carbonyl (C=O) groups is 2. The van der Waals surface area contributed by atoms with Crippen molar-refractivity contribution in [1.82, 2.24) is 14.5 Å². The number of halogens is 9. The zero-order valence-electron chi connectivity index (χ0n) is 23.2. The Morgan fingerprint density at radius 3 is 2.14 bits per heavy atom. The maximum Gasteiger partial charge on any atom is 0.434 e. The fourth-order valence-corrected chi connectivity index (χ4v) is 5.80. The molecule has 19 heteroatoms. The summed E-state index contributed by atoms with van der Waals surface area (Å²) in [6.07, 6.45) is -20.4. The summed E-state index contributed by atoms with van der Waals surface area (Å²) in [5.41, 5.74) is -1.28. The molecule has 9 nitrogen and oxygen atoms in total. The molecule has 44 heavy (non-hydrogen) atoms. The molecule has 1 aromatic carbocycles. The van der Waals surface area contributed by atoms with E-state index in [4.69, 9.17) is 4.74 Å². The lowest BCUT2D eigenvalue weighted by Crippen LogP contribution is -2.54. The van der Waals surface area contributed by atoms with Crippen molar-refractivity contribution >= 4 is 22.0 Å². The minimum atomic E-state index is -5.85. The molecule has 0 unspecified atom stereocenters. The van der Waals surface area contributed by atoms with Crippen LogP contribution in [0.15, 0.2) is 18.2 Å². The van der Waals surface area contributed by atoms with Crippen molar-refractivity contribution in [2.45, 2.75) is 75.2 Å². The number of nitrogens with one attached hydrogen (secondary N) is 1. The average molecular weight is 672 g/mol. The first-order valence-electron chi connectivity index (χ1n) is 13.3. The van der Waals surface area contributed by atoms with Gasteiger partial charge in [-0.15, -0.1) is 0 Å². The summed E-state index contributed by atoms with van der Waals surface area (Å²) in [6, 6.07) is 2.88. The zero-order chi connectivity index (χ0) is 33.1. The van der Waals surface area contributed by atoms with E-state index in [1.54, 1.807) is 4.72 Å². The normalized spacial score (nSPS) is 18.1. The quantitative estimate of drug-likeness (QED) is 0.291. The van der Waals surface area contributed by atoms with E-state index >= 15 is 0 Å². The lowest BCUT2D eigenvalue weighted by molar-refractivity contribution is -0.308. The van der Waals surface area contributed by atoms with Gasteiger partial charge in [-0.05, 0) is 50.8 Å². The number of carbonyl (C=O) groups excluding carboxylic acids is 2. The van der Waals surface area contributed by atoms with E-state index in [0.717, 1.165) is 23.3 Å². The van der Waals surface area contributed by atoms with Gasteiger partial charge >= 0.3 is 24.6 Å². The molecule has 2 fully saturated rings. The summed E-state index contributed by atoms with van der Waals surface area (Å²) >= 11 is 0. The van der Waals surface area contributed by atoms with Crippen molar-refractivity contribution in [2.24, 2.45) is 0 Å². The van der Waals surface area contributed by atoms with Gasteiger partial charge in [0.2, 0.25) is 15.9 Å². The van der Waals surface area contributed by atoms with Crippen molar-refractivity contribution in [3.8, 4) is 5.75 Å². The third-order valence-corrected chi connectivity index (χ3v) is 7.97. The number of alkyl halides is 9. The topological polar surface area (TPSA) is 105 Å². The molecule has 0 atom stereocenters. The Morgan fingerprint density at radius 2 is 1.59 bits per heavy atom. The molecular weight excluding hydrogens is 641 g/mol. The van der Waals surface area contributed by atoms with E-state index in [2.05, 4.69) is 4.74 Å². The van der Waals surface area contributed by atoms with Crippen molar-refractivity contribution < 1.29 is 67.0 Å². The molecule has 0 bridgehead atoms. The summed E-state index contributed by atoms with van der Waals surface area (Å²) in [5, 5.41) is 0. The summed E-state index contributed by atoms with van der Waals surface area (Å²) < 4.78 is 151. The highest BCUT2D eigenvalue weighted by Gasteiger charge is 2.60. The lowest BCUT2D eigenvalue weighted by Gasteiger charge is -2.45. The van der Waals surface area contributed by atoms with Gasteiger partial charge in [0.05, 0.1) is 18.4 Å². The first-order chi connectivity index (χ1) is 20.1. The molecule has 2 aliphatic heterocycles. The van der Waals surface area contributed by atoms with E-state index < -0.39 is 57.8 Å². The van der Waals surface area contributed by atoms with Crippen LogP contribution in [-0.2, 0) is 32.3 Å². The minimum absolute atomic E-state index is 0.0137. The van der Waals surface area contributed by atoms with Crippen LogP contribution < -0.4 is 9.46 Å². The average Bonchev–Trinajstić information content (AvgIpc) is 3.24. The fraction of sp³-hybridized carbons (Fsp3) is 0.680. The van der Waals surface area contributed by atoms with Gasteiger partial charge in [-0.25, -0.2) is 13.2 Å². The Labute approximate surface area is 246 Å². The highest BCUT2D eigenvalue weighted by atomic mass is 32.2. The number of likely N-dealkylation sites (tertiary alicyclic amines) is 2. The summed E-state index contributed by atoms with van der Waals surface area (Å²) in [7, 11) is -3.78. The van der Waals surface area contributed by atoms with Gasteiger partial charge in [0.1, 0.15) is 5.75 Å². The van der Waals surface area contributed by atoms with E-state index in [0.29, 0.717) is 24.9 Å². The molecular formula is C25H30F9N3O6S. The van der Waals surface area contributed by atoms with Gasteiger partial charge in [-0.1, -0.05) is 6.07 Å². The summed E-state index contributed by atoms with van der Waals surface area (Å²) in [5.74, 6) is -0.946. The largest absolute Gasteiger partial charge is 0.493 e. The van der Waals surface area contributed by atoms with Crippen LogP contribution in [0.1, 0.15) is 49.7 Å². The Balaban J connectivity index is 1.68. The third kappa shape index (κ3) is 9.52. The monoisotopic (exact) mass is 671 g/mol. The highest BCUT2D eigenvalue weighted by Crippen LogP contribution is 2.42. The zero-order valence-corrected chi connectivity index (χ0v) is 24.1. The second kappa shape index (κ2) is 13.2. The van der Waals surface area contributed by atoms with Crippen LogP contribution in [0.2, 0.25) is 0 Å². The maximum absolute atomic E-state index is 13.4. The Bertz CT molecular complexity index is 1280. The van der Waals surface area contributed by atoms with Crippen LogP contribution >= 0.6 is 0 Å². The van der Waals surface area contributed by atoms with Crippen LogP contribution in [-0.4, -0.2) is 86.7 Å². The number of rotatable bonds is 9. The number of sulfonamides is 1. The van der Waals surface area contributed by atoms with E-state index in [9.17, 15) is 57.5 Å².